The van der Waals surface area contributed by atoms with Crippen molar-refractivity contribution in [3.63, 3.8) is 0 Å². The Bertz CT molecular complexity index is 315. The molecular formula is C16H33N3O2. The Morgan fingerprint density at radius 3 is 2.76 bits per heavy atom. The summed E-state index contributed by atoms with van der Waals surface area (Å²) in [5.74, 6) is 0.798. The van der Waals surface area contributed by atoms with Gasteiger partial charge >= 0.3 is 6.09 Å². The lowest BCUT2D eigenvalue weighted by Gasteiger charge is -2.37. The van der Waals surface area contributed by atoms with Gasteiger partial charge in [-0.05, 0) is 52.5 Å². The third-order valence-electron chi connectivity index (χ3n) is 4.06. The highest BCUT2D eigenvalue weighted by Gasteiger charge is 2.24. The summed E-state index contributed by atoms with van der Waals surface area (Å²) in [5, 5.41) is 2.82. The predicted molar refractivity (Wildman–Crippen MR) is 86.3 cm³/mol. The summed E-state index contributed by atoms with van der Waals surface area (Å²) in [6.45, 7) is 11.4. The Hall–Kier alpha value is -0.810. The molecule has 1 rings (SSSR count). The molecule has 0 bridgehead atoms. The molecule has 0 spiro atoms. The molecule has 1 aliphatic heterocycles. The van der Waals surface area contributed by atoms with Crippen molar-refractivity contribution in [3.05, 3.63) is 0 Å². The van der Waals surface area contributed by atoms with Gasteiger partial charge in [0.25, 0.3) is 0 Å². The molecule has 1 heterocycles. The minimum atomic E-state index is -0.446. The molecule has 0 aliphatic carbocycles. The van der Waals surface area contributed by atoms with Gasteiger partial charge in [-0.2, -0.15) is 0 Å². The van der Waals surface area contributed by atoms with Gasteiger partial charge in [-0.15, -0.1) is 0 Å². The summed E-state index contributed by atoms with van der Waals surface area (Å²) in [6, 6.07) is 0.356. The Labute approximate surface area is 129 Å². The Morgan fingerprint density at radius 1 is 1.48 bits per heavy atom. The summed E-state index contributed by atoms with van der Waals surface area (Å²) in [5.41, 5.74) is 5.48. The minimum absolute atomic E-state index is 0.344. The number of amides is 1. The highest BCUT2D eigenvalue weighted by atomic mass is 16.6. The van der Waals surface area contributed by atoms with E-state index in [1.54, 1.807) is 0 Å². The zero-order chi connectivity index (χ0) is 15.9. The maximum atomic E-state index is 11.6. The number of nitrogens with two attached hydrogens (primary N) is 1. The van der Waals surface area contributed by atoms with Crippen LogP contribution in [0.15, 0.2) is 0 Å². The second-order valence-electron chi connectivity index (χ2n) is 7.02. The number of nitrogens with zero attached hydrogens (tertiary/aromatic N) is 1. The van der Waals surface area contributed by atoms with Gasteiger partial charge in [0, 0.05) is 25.7 Å². The van der Waals surface area contributed by atoms with Crippen LogP contribution >= 0.6 is 0 Å². The van der Waals surface area contributed by atoms with Gasteiger partial charge in [0.15, 0.2) is 0 Å². The molecule has 0 radical (unpaired) electrons. The SMILES string of the molecule is CCC1CCCN(C(CN)CCNC(=O)OC(C)(C)C)C1. The van der Waals surface area contributed by atoms with Crippen molar-refractivity contribution in [3.8, 4) is 0 Å². The van der Waals surface area contributed by atoms with Crippen LogP contribution in [0.25, 0.3) is 0 Å². The van der Waals surface area contributed by atoms with E-state index in [2.05, 4.69) is 17.1 Å². The molecule has 0 aromatic heterocycles. The van der Waals surface area contributed by atoms with Gasteiger partial charge in [0.2, 0.25) is 0 Å². The van der Waals surface area contributed by atoms with Crippen molar-refractivity contribution in [1.29, 1.82) is 0 Å². The van der Waals surface area contributed by atoms with E-state index < -0.39 is 5.60 Å². The number of rotatable bonds is 6. The Balaban J connectivity index is 2.32. The zero-order valence-electron chi connectivity index (χ0n) is 14.2. The summed E-state index contributed by atoms with van der Waals surface area (Å²) in [6.07, 6.45) is 4.37. The van der Waals surface area contributed by atoms with Gasteiger partial charge in [0.05, 0.1) is 0 Å². The van der Waals surface area contributed by atoms with E-state index in [1.165, 1.54) is 19.3 Å². The van der Waals surface area contributed by atoms with Crippen LogP contribution in [0.1, 0.15) is 53.4 Å². The predicted octanol–water partition coefficient (Wildman–Crippen LogP) is 2.35. The lowest BCUT2D eigenvalue weighted by Crippen LogP contribution is -2.47. The second kappa shape index (κ2) is 8.59. The van der Waals surface area contributed by atoms with Crippen molar-refractivity contribution < 1.29 is 9.53 Å². The summed E-state index contributed by atoms with van der Waals surface area (Å²) < 4.78 is 5.24. The fourth-order valence-corrected chi connectivity index (χ4v) is 2.87. The van der Waals surface area contributed by atoms with Gasteiger partial charge in [-0.25, -0.2) is 4.79 Å². The summed E-state index contributed by atoms with van der Waals surface area (Å²) >= 11 is 0. The van der Waals surface area contributed by atoms with Gasteiger partial charge < -0.3 is 15.8 Å². The van der Waals surface area contributed by atoms with Crippen LogP contribution in [0.2, 0.25) is 0 Å². The van der Waals surface area contributed by atoms with Crippen LogP contribution in [0.3, 0.4) is 0 Å². The molecule has 0 aromatic rings. The molecule has 1 saturated heterocycles. The third-order valence-corrected chi connectivity index (χ3v) is 4.06. The van der Waals surface area contributed by atoms with Gasteiger partial charge in [0.1, 0.15) is 5.60 Å². The van der Waals surface area contributed by atoms with E-state index in [4.69, 9.17) is 10.5 Å². The number of carbonyl (C=O) groups is 1. The largest absolute Gasteiger partial charge is 0.444 e. The van der Waals surface area contributed by atoms with E-state index in [0.29, 0.717) is 19.1 Å². The van der Waals surface area contributed by atoms with Crippen molar-refractivity contribution in [2.75, 3.05) is 26.2 Å². The number of likely N-dealkylation sites (tertiary alicyclic amines) is 1. The standard InChI is InChI=1S/C16H33N3O2/c1-5-13-7-6-10-19(12-13)14(11-17)8-9-18-15(20)21-16(2,3)4/h13-14H,5-12,17H2,1-4H3,(H,18,20). The monoisotopic (exact) mass is 299 g/mol. The molecule has 0 aromatic carbocycles. The number of nitrogens with one attached hydrogen (secondary N) is 1. The Kier molecular flexibility index (Phi) is 7.46. The quantitative estimate of drug-likeness (QED) is 0.790. The average Bonchev–Trinajstić information content (AvgIpc) is 2.41. The van der Waals surface area contributed by atoms with Crippen molar-refractivity contribution in [2.24, 2.45) is 11.7 Å². The minimum Gasteiger partial charge on any atom is -0.444 e. The topological polar surface area (TPSA) is 67.6 Å². The van der Waals surface area contributed by atoms with Gasteiger partial charge in [-0.3, -0.25) is 4.90 Å². The lowest BCUT2D eigenvalue weighted by molar-refractivity contribution is 0.0517. The van der Waals surface area contributed by atoms with Gasteiger partial charge in [-0.1, -0.05) is 13.3 Å². The second-order valence-corrected chi connectivity index (χ2v) is 7.02. The van der Waals surface area contributed by atoms with Crippen LogP contribution in [0.5, 0.6) is 0 Å². The smallest absolute Gasteiger partial charge is 0.407 e. The lowest BCUT2D eigenvalue weighted by atomic mass is 9.94. The first-order chi connectivity index (χ1) is 9.85. The highest BCUT2D eigenvalue weighted by Crippen LogP contribution is 2.21. The number of alkyl carbamates (subject to hydrolysis) is 1. The molecule has 0 saturated carbocycles. The molecule has 3 N–H and O–H groups in total. The van der Waals surface area contributed by atoms with Crippen LogP contribution in [-0.4, -0.2) is 48.8 Å². The van der Waals surface area contributed by atoms with Crippen molar-refractivity contribution in [1.82, 2.24) is 10.2 Å². The molecule has 1 fully saturated rings. The first kappa shape index (κ1) is 18.2. The third kappa shape index (κ3) is 7.14. The van der Waals surface area contributed by atoms with E-state index in [1.807, 2.05) is 20.8 Å². The molecular weight excluding hydrogens is 266 g/mol. The molecule has 5 heteroatoms. The fraction of sp³-hybridized carbons (Fsp3) is 0.938. The Morgan fingerprint density at radius 2 is 2.19 bits per heavy atom. The van der Waals surface area contributed by atoms with Crippen LogP contribution in [-0.2, 0) is 4.74 Å². The van der Waals surface area contributed by atoms with E-state index >= 15 is 0 Å². The molecule has 5 nitrogen and oxygen atoms in total. The van der Waals surface area contributed by atoms with Crippen molar-refractivity contribution in [2.45, 2.75) is 65.0 Å². The average molecular weight is 299 g/mol. The first-order valence-corrected chi connectivity index (χ1v) is 8.26. The van der Waals surface area contributed by atoms with Crippen LogP contribution in [0.4, 0.5) is 4.79 Å². The molecule has 21 heavy (non-hydrogen) atoms. The van der Waals surface area contributed by atoms with Crippen molar-refractivity contribution >= 4 is 6.09 Å². The summed E-state index contributed by atoms with van der Waals surface area (Å²) in [4.78, 5) is 14.1. The highest BCUT2D eigenvalue weighted by molar-refractivity contribution is 5.67. The van der Waals surface area contributed by atoms with E-state index in [-0.39, 0.29) is 6.09 Å². The molecule has 2 unspecified atom stereocenters. The molecule has 2 atom stereocenters. The number of hydrogen-bond acceptors (Lipinski definition) is 4. The maximum absolute atomic E-state index is 11.6. The molecule has 124 valence electrons. The maximum Gasteiger partial charge on any atom is 0.407 e. The number of hydrogen-bond donors (Lipinski definition) is 2. The normalized spacial score (nSPS) is 21.9. The first-order valence-electron chi connectivity index (χ1n) is 8.26. The summed E-state index contributed by atoms with van der Waals surface area (Å²) in [7, 11) is 0. The number of piperidine rings is 1. The van der Waals surface area contributed by atoms with Crippen LogP contribution in [0, 0.1) is 5.92 Å². The molecule has 1 amide bonds. The molecule has 1 aliphatic rings. The fourth-order valence-electron chi connectivity index (χ4n) is 2.87. The van der Waals surface area contributed by atoms with E-state index in [0.717, 1.165) is 25.4 Å². The number of ether oxygens (including phenoxy) is 1. The van der Waals surface area contributed by atoms with Crippen LogP contribution < -0.4 is 11.1 Å². The number of carbonyl (C=O) groups excluding carboxylic acids is 1. The van der Waals surface area contributed by atoms with E-state index in [9.17, 15) is 4.79 Å². The zero-order valence-corrected chi connectivity index (χ0v) is 14.2.